The standard InChI is InChI=1S/C19H25N7O2/c1-3-28-10-12(20)8-22-19-23-9-14(17(21)27)18(26-19)25-16-6-4-5-15-13(16)7-11(2)24-15/h4-7,9,11-12H,3,8,10,20H2,1-2H3,(H2,21,27)(H2,22,23,25,26)/t11-,12?/m1/s1. The normalized spacial score (nSPS) is 15.9. The monoisotopic (exact) mass is 383 g/mol. The molecule has 0 aliphatic carbocycles. The second-order valence-electron chi connectivity index (χ2n) is 6.52. The van der Waals surface area contributed by atoms with E-state index in [0.717, 1.165) is 16.3 Å². The van der Waals surface area contributed by atoms with E-state index < -0.39 is 5.91 Å². The Morgan fingerprint density at radius 2 is 2.21 bits per heavy atom. The minimum absolute atomic E-state index is 0.100. The summed E-state index contributed by atoms with van der Waals surface area (Å²) >= 11 is 0. The first-order chi connectivity index (χ1) is 13.5. The van der Waals surface area contributed by atoms with Crippen molar-refractivity contribution in [3.8, 4) is 0 Å². The number of nitrogens with zero attached hydrogens (tertiary/aromatic N) is 3. The first kappa shape index (κ1) is 19.7. The summed E-state index contributed by atoms with van der Waals surface area (Å²) in [5, 5.41) is 8.12. The molecule has 1 aromatic heterocycles. The molecule has 9 nitrogen and oxygen atoms in total. The minimum Gasteiger partial charge on any atom is -0.380 e. The highest BCUT2D eigenvalue weighted by molar-refractivity contribution is 5.98. The van der Waals surface area contributed by atoms with Gasteiger partial charge in [0, 0.05) is 36.3 Å². The smallest absolute Gasteiger partial charge is 0.254 e. The van der Waals surface area contributed by atoms with E-state index >= 15 is 0 Å². The average molecular weight is 383 g/mol. The van der Waals surface area contributed by atoms with Crippen LogP contribution in [-0.4, -0.2) is 47.7 Å². The van der Waals surface area contributed by atoms with Crippen molar-refractivity contribution in [2.45, 2.75) is 25.9 Å². The fourth-order valence-electron chi connectivity index (χ4n) is 2.87. The lowest BCUT2D eigenvalue weighted by Crippen LogP contribution is -2.34. The zero-order valence-electron chi connectivity index (χ0n) is 16.0. The number of hydrogen-bond donors (Lipinski definition) is 4. The van der Waals surface area contributed by atoms with Gasteiger partial charge in [-0.15, -0.1) is 0 Å². The fraction of sp³-hybridized carbons (Fsp3) is 0.368. The van der Waals surface area contributed by atoms with E-state index in [-0.39, 0.29) is 17.6 Å². The molecule has 1 aromatic carbocycles. The van der Waals surface area contributed by atoms with Crippen molar-refractivity contribution >= 4 is 29.4 Å². The summed E-state index contributed by atoms with van der Waals surface area (Å²) in [7, 11) is 0. The molecule has 1 amide bonds. The number of carbonyl (C=O) groups is 1. The predicted octanol–water partition coefficient (Wildman–Crippen LogP) is -0.103. The van der Waals surface area contributed by atoms with Gasteiger partial charge in [0.1, 0.15) is 11.4 Å². The molecule has 0 saturated heterocycles. The Bertz CT molecular complexity index is 977. The third-order valence-corrected chi connectivity index (χ3v) is 4.20. The molecule has 0 bridgehead atoms. The first-order valence-corrected chi connectivity index (χ1v) is 9.17. The van der Waals surface area contributed by atoms with Crippen LogP contribution >= 0.6 is 0 Å². The number of fused-ring (bicyclic) bond motifs is 1. The summed E-state index contributed by atoms with van der Waals surface area (Å²) in [6, 6.07) is 5.64. The summed E-state index contributed by atoms with van der Waals surface area (Å²) in [6.07, 6.45) is 3.45. The van der Waals surface area contributed by atoms with E-state index in [1.54, 1.807) is 0 Å². The van der Waals surface area contributed by atoms with Gasteiger partial charge in [-0.05, 0) is 32.1 Å². The number of carbonyl (C=O) groups excluding carboxylic acids is 1. The van der Waals surface area contributed by atoms with E-state index in [9.17, 15) is 4.79 Å². The van der Waals surface area contributed by atoms with Crippen LogP contribution in [0.2, 0.25) is 0 Å². The van der Waals surface area contributed by atoms with Crippen LogP contribution < -0.4 is 32.7 Å². The molecule has 9 heteroatoms. The molecule has 2 aromatic rings. The maximum absolute atomic E-state index is 11.8. The highest BCUT2D eigenvalue weighted by Gasteiger charge is 2.15. The molecule has 28 heavy (non-hydrogen) atoms. The summed E-state index contributed by atoms with van der Waals surface area (Å²) < 4.78 is 5.30. The van der Waals surface area contributed by atoms with Crippen molar-refractivity contribution in [2.75, 3.05) is 30.4 Å². The Kier molecular flexibility index (Phi) is 6.17. The van der Waals surface area contributed by atoms with Crippen LogP contribution in [0.1, 0.15) is 24.2 Å². The van der Waals surface area contributed by atoms with E-state index in [1.807, 2.05) is 32.0 Å². The van der Waals surface area contributed by atoms with Crippen LogP contribution in [0.5, 0.6) is 0 Å². The van der Waals surface area contributed by atoms with Crippen LogP contribution in [0.3, 0.4) is 0 Å². The molecular formula is C19H25N7O2. The molecule has 6 N–H and O–H groups in total. The third kappa shape index (κ3) is 4.62. The second kappa shape index (κ2) is 8.77. The van der Waals surface area contributed by atoms with Crippen molar-refractivity contribution < 1.29 is 9.53 Å². The van der Waals surface area contributed by atoms with E-state index in [4.69, 9.17) is 16.2 Å². The number of primary amides is 1. The van der Waals surface area contributed by atoms with Crippen LogP contribution in [0, 0.1) is 0 Å². The Morgan fingerprint density at radius 3 is 2.96 bits per heavy atom. The highest BCUT2D eigenvalue weighted by atomic mass is 16.5. The SMILES string of the molecule is CCOCC(N)CNc1ncc(C(N)=O)c(Nc2cccc3c2=C[C@@H](C)N=3)n1. The maximum Gasteiger partial charge on any atom is 0.254 e. The van der Waals surface area contributed by atoms with Gasteiger partial charge < -0.3 is 26.8 Å². The number of ether oxygens (including phenoxy) is 1. The van der Waals surface area contributed by atoms with E-state index in [1.165, 1.54) is 6.20 Å². The second-order valence-corrected chi connectivity index (χ2v) is 6.52. The number of nitrogens with one attached hydrogen (secondary N) is 2. The van der Waals surface area contributed by atoms with Gasteiger partial charge in [0.15, 0.2) is 0 Å². The molecule has 2 atom stereocenters. The number of hydrogen-bond acceptors (Lipinski definition) is 8. The molecule has 148 valence electrons. The quantitative estimate of drug-likeness (QED) is 0.474. The summed E-state index contributed by atoms with van der Waals surface area (Å²) in [4.78, 5) is 24.9. The molecule has 0 spiro atoms. The summed E-state index contributed by atoms with van der Waals surface area (Å²) in [6.45, 7) is 5.39. The number of rotatable bonds is 9. The van der Waals surface area contributed by atoms with Crippen LogP contribution in [0.25, 0.3) is 6.08 Å². The lowest BCUT2D eigenvalue weighted by molar-refractivity contribution is 0.100. The van der Waals surface area contributed by atoms with Crippen molar-refractivity contribution in [3.63, 3.8) is 0 Å². The minimum atomic E-state index is -0.614. The van der Waals surface area contributed by atoms with Gasteiger partial charge >= 0.3 is 0 Å². The number of nitrogens with two attached hydrogens (primary N) is 2. The molecule has 3 rings (SSSR count). The fourth-order valence-corrected chi connectivity index (χ4v) is 2.87. The van der Waals surface area contributed by atoms with Gasteiger partial charge in [0.05, 0.1) is 18.0 Å². The molecular weight excluding hydrogens is 358 g/mol. The number of aromatic nitrogens is 2. The Morgan fingerprint density at radius 1 is 1.39 bits per heavy atom. The third-order valence-electron chi connectivity index (χ3n) is 4.20. The van der Waals surface area contributed by atoms with Gasteiger partial charge in [0.25, 0.3) is 5.91 Å². The Balaban J connectivity index is 1.84. The van der Waals surface area contributed by atoms with Gasteiger partial charge in [-0.2, -0.15) is 4.98 Å². The average Bonchev–Trinajstić information content (AvgIpc) is 3.06. The largest absolute Gasteiger partial charge is 0.380 e. The van der Waals surface area contributed by atoms with Gasteiger partial charge in [-0.3, -0.25) is 9.79 Å². The van der Waals surface area contributed by atoms with Crippen molar-refractivity contribution in [1.82, 2.24) is 9.97 Å². The molecule has 0 fully saturated rings. The lowest BCUT2D eigenvalue weighted by Gasteiger charge is -2.14. The van der Waals surface area contributed by atoms with Crippen LogP contribution in [-0.2, 0) is 4.74 Å². The summed E-state index contributed by atoms with van der Waals surface area (Å²) in [5.74, 6) is 0.0514. The number of amides is 1. The maximum atomic E-state index is 11.8. The number of benzene rings is 1. The van der Waals surface area contributed by atoms with Crippen LogP contribution in [0.15, 0.2) is 29.4 Å². The molecule has 0 saturated carbocycles. The Hall–Kier alpha value is -3.04. The molecule has 2 heterocycles. The zero-order valence-corrected chi connectivity index (χ0v) is 16.0. The lowest BCUT2D eigenvalue weighted by atomic mass is 10.2. The Labute approximate surface area is 162 Å². The highest BCUT2D eigenvalue weighted by Crippen LogP contribution is 2.17. The molecule has 1 aliphatic heterocycles. The van der Waals surface area contributed by atoms with Gasteiger partial charge in [-0.1, -0.05) is 6.07 Å². The molecule has 1 unspecified atom stereocenters. The number of anilines is 3. The topological polar surface area (TPSA) is 141 Å². The molecule has 0 radical (unpaired) electrons. The van der Waals surface area contributed by atoms with Crippen LogP contribution in [0.4, 0.5) is 17.5 Å². The van der Waals surface area contributed by atoms with Crippen molar-refractivity contribution in [3.05, 3.63) is 40.5 Å². The van der Waals surface area contributed by atoms with E-state index in [0.29, 0.717) is 31.5 Å². The predicted molar refractivity (Wildman–Crippen MR) is 108 cm³/mol. The van der Waals surface area contributed by atoms with Gasteiger partial charge in [0.2, 0.25) is 5.95 Å². The first-order valence-electron chi connectivity index (χ1n) is 9.17. The van der Waals surface area contributed by atoms with Crippen molar-refractivity contribution in [1.29, 1.82) is 0 Å². The molecule has 1 aliphatic rings. The van der Waals surface area contributed by atoms with Gasteiger partial charge in [-0.25, -0.2) is 4.98 Å². The van der Waals surface area contributed by atoms with Crippen molar-refractivity contribution in [2.24, 2.45) is 16.5 Å². The zero-order chi connectivity index (χ0) is 20.1. The summed E-state index contributed by atoms with van der Waals surface area (Å²) in [5.41, 5.74) is 12.5. The van der Waals surface area contributed by atoms with E-state index in [2.05, 4.69) is 31.7 Å².